The largest absolute Gasteiger partial charge is 0.292 e. The number of thiophene rings is 1. The fourth-order valence-electron chi connectivity index (χ4n) is 9.67. The Hall–Kier alpha value is -6.62. The first-order valence-electron chi connectivity index (χ1n) is 18.2. The number of aromatic nitrogens is 3. The number of fused-ring (bicyclic) bond motifs is 12. The standard InChI is InChI=1S/C49H27N3S/c1-2-13-28(14-3-1)46-49(51-47-29-15-5-4-12-27(29)24-25-37(47)50-46)52-38-22-11-21-34-41-32-18-7-6-16-30(32)33-19-10-20-35(42(33)41)44-45(43(34)38)39(52)26-36-31-17-8-9-23-40(31)53-48(36)44/h1-26,41H. The van der Waals surface area contributed by atoms with Gasteiger partial charge in [0, 0.05) is 53.4 Å². The van der Waals surface area contributed by atoms with Crippen LogP contribution in [-0.4, -0.2) is 14.5 Å². The number of hydrogen-bond acceptors (Lipinski definition) is 3. The van der Waals surface area contributed by atoms with Crippen molar-refractivity contribution in [2.75, 3.05) is 0 Å². The van der Waals surface area contributed by atoms with Gasteiger partial charge in [0.05, 0.1) is 22.1 Å². The van der Waals surface area contributed by atoms with Crippen molar-refractivity contribution in [3.8, 4) is 39.3 Å². The Morgan fingerprint density at radius 3 is 2.23 bits per heavy atom. The van der Waals surface area contributed by atoms with Gasteiger partial charge in [-0.1, -0.05) is 133 Å². The van der Waals surface area contributed by atoms with E-state index in [0.717, 1.165) is 49.9 Å². The molecule has 8 aromatic carbocycles. The van der Waals surface area contributed by atoms with Crippen LogP contribution in [-0.2, 0) is 0 Å². The third-order valence-corrected chi connectivity index (χ3v) is 13.0. The van der Waals surface area contributed by atoms with Gasteiger partial charge in [-0.25, -0.2) is 9.97 Å². The second-order valence-electron chi connectivity index (χ2n) is 14.4. The molecule has 244 valence electrons. The van der Waals surface area contributed by atoms with Crippen LogP contribution in [0.4, 0.5) is 0 Å². The maximum Gasteiger partial charge on any atom is 0.165 e. The fourth-order valence-corrected chi connectivity index (χ4v) is 10.9. The molecule has 0 bridgehead atoms. The van der Waals surface area contributed by atoms with Crippen molar-refractivity contribution in [2.24, 2.45) is 0 Å². The minimum absolute atomic E-state index is 0.122. The molecule has 3 nitrogen and oxygen atoms in total. The highest BCUT2D eigenvalue weighted by Crippen LogP contribution is 2.59. The maximum atomic E-state index is 5.69. The Kier molecular flexibility index (Phi) is 5.31. The van der Waals surface area contributed by atoms with E-state index in [0.29, 0.717) is 0 Å². The maximum absolute atomic E-state index is 5.69. The van der Waals surface area contributed by atoms with Gasteiger partial charge in [0.2, 0.25) is 0 Å². The molecule has 0 spiro atoms. The Labute approximate surface area is 308 Å². The van der Waals surface area contributed by atoms with Crippen LogP contribution >= 0.6 is 11.3 Å². The van der Waals surface area contributed by atoms with E-state index in [2.05, 4.69) is 162 Å². The topological polar surface area (TPSA) is 30.7 Å². The minimum atomic E-state index is 0.122. The molecule has 0 saturated carbocycles. The lowest BCUT2D eigenvalue weighted by Crippen LogP contribution is -2.05. The second-order valence-corrected chi connectivity index (χ2v) is 15.5. The molecule has 11 aromatic rings. The predicted octanol–water partition coefficient (Wildman–Crippen LogP) is 13.1. The van der Waals surface area contributed by atoms with Gasteiger partial charge in [-0.05, 0) is 63.0 Å². The lowest BCUT2D eigenvalue weighted by molar-refractivity contribution is 1.03. The second kappa shape index (κ2) is 10.0. The summed E-state index contributed by atoms with van der Waals surface area (Å²) in [6.07, 6.45) is 0. The van der Waals surface area contributed by atoms with Gasteiger partial charge in [0.25, 0.3) is 0 Å². The van der Waals surface area contributed by atoms with Gasteiger partial charge in [0.1, 0.15) is 5.69 Å². The van der Waals surface area contributed by atoms with E-state index >= 15 is 0 Å². The Balaban J connectivity index is 1.29. The van der Waals surface area contributed by atoms with E-state index in [9.17, 15) is 0 Å². The van der Waals surface area contributed by atoms with Crippen molar-refractivity contribution in [1.82, 2.24) is 14.5 Å². The van der Waals surface area contributed by atoms with E-state index in [4.69, 9.17) is 9.97 Å². The molecule has 53 heavy (non-hydrogen) atoms. The highest BCUT2D eigenvalue weighted by molar-refractivity contribution is 7.26. The molecule has 0 aliphatic heterocycles. The minimum Gasteiger partial charge on any atom is -0.292 e. The SMILES string of the molecule is c1ccc(-c2nc3ccc4ccccc4c3nc2-n2c3cccc4c3c3c(c5sc6ccccc6c5cc32)-c2cccc3c2C4c2ccccc2-3)cc1. The Morgan fingerprint density at radius 1 is 0.528 bits per heavy atom. The molecule has 2 aliphatic rings. The zero-order valence-electron chi connectivity index (χ0n) is 28.3. The molecule has 13 rings (SSSR count). The van der Waals surface area contributed by atoms with Crippen molar-refractivity contribution in [3.05, 3.63) is 174 Å². The van der Waals surface area contributed by atoms with Crippen molar-refractivity contribution in [3.63, 3.8) is 0 Å². The molecular weight excluding hydrogens is 663 g/mol. The summed E-state index contributed by atoms with van der Waals surface area (Å²) in [6.45, 7) is 0. The first-order chi connectivity index (χ1) is 26.3. The van der Waals surface area contributed by atoms with E-state index in [1.54, 1.807) is 0 Å². The summed E-state index contributed by atoms with van der Waals surface area (Å²) in [7, 11) is 0. The van der Waals surface area contributed by atoms with Gasteiger partial charge in [-0.15, -0.1) is 11.3 Å². The molecule has 0 saturated heterocycles. The normalized spacial score (nSPS) is 14.2. The van der Waals surface area contributed by atoms with Crippen LogP contribution in [0, 0.1) is 0 Å². The quantitative estimate of drug-likeness (QED) is 0.169. The number of rotatable bonds is 2. The fraction of sp³-hybridized carbons (Fsp3) is 0.0204. The van der Waals surface area contributed by atoms with Crippen LogP contribution in [0.5, 0.6) is 0 Å². The van der Waals surface area contributed by atoms with Crippen LogP contribution in [0.15, 0.2) is 158 Å². The monoisotopic (exact) mass is 689 g/mol. The molecule has 0 N–H and O–H groups in total. The van der Waals surface area contributed by atoms with Crippen LogP contribution in [0.3, 0.4) is 0 Å². The molecule has 0 fully saturated rings. The molecule has 3 aromatic heterocycles. The van der Waals surface area contributed by atoms with Crippen molar-refractivity contribution in [1.29, 1.82) is 0 Å². The lowest BCUT2D eigenvalue weighted by Gasteiger charge is -2.19. The van der Waals surface area contributed by atoms with Crippen molar-refractivity contribution >= 4 is 75.1 Å². The highest BCUT2D eigenvalue weighted by Gasteiger charge is 2.38. The summed E-state index contributed by atoms with van der Waals surface area (Å²) in [6, 6.07) is 57.7. The molecule has 1 unspecified atom stereocenters. The highest BCUT2D eigenvalue weighted by atomic mass is 32.1. The average Bonchev–Trinajstić information content (AvgIpc) is 3.84. The van der Waals surface area contributed by atoms with Crippen LogP contribution in [0.1, 0.15) is 22.6 Å². The van der Waals surface area contributed by atoms with Crippen molar-refractivity contribution < 1.29 is 0 Å². The molecule has 1 atom stereocenters. The molecule has 4 heteroatoms. The summed E-state index contributed by atoms with van der Waals surface area (Å²) in [5.74, 6) is 0.973. The molecule has 2 aliphatic carbocycles. The van der Waals surface area contributed by atoms with Crippen LogP contribution in [0.25, 0.3) is 103 Å². The predicted molar refractivity (Wildman–Crippen MR) is 222 cm³/mol. The van der Waals surface area contributed by atoms with Gasteiger partial charge < -0.3 is 0 Å². The smallest absolute Gasteiger partial charge is 0.165 e. The molecule has 3 heterocycles. The van der Waals surface area contributed by atoms with Gasteiger partial charge >= 0.3 is 0 Å². The molecule has 0 radical (unpaired) electrons. The summed E-state index contributed by atoms with van der Waals surface area (Å²) in [5.41, 5.74) is 15.6. The Bertz CT molecular complexity index is 3410. The average molecular weight is 690 g/mol. The van der Waals surface area contributed by atoms with Gasteiger partial charge in [-0.2, -0.15) is 0 Å². The zero-order chi connectivity index (χ0) is 34.4. The first kappa shape index (κ1) is 28.0. The zero-order valence-corrected chi connectivity index (χ0v) is 29.2. The summed E-state index contributed by atoms with van der Waals surface area (Å²) in [4.78, 5) is 11.2. The summed E-state index contributed by atoms with van der Waals surface area (Å²) < 4.78 is 5.09. The van der Waals surface area contributed by atoms with E-state index in [1.165, 1.54) is 69.9 Å². The van der Waals surface area contributed by atoms with Crippen LogP contribution in [0.2, 0.25) is 0 Å². The third kappa shape index (κ3) is 3.54. The summed E-state index contributed by atoms with van der Waals surface area (Å²) >= 11 is 1.92. The van der Waals surface area contributed by atoms with Gasteiger partial charge in [0.15, 0.2) is 5.82 Å². The van der Waals surface area contributed by atoms with Gasteiger partial charge in [-0.3, -0.25) is 4.57 Å². The summed E-state index contributed by atoms with van der Waals surface area (Å²) in [5, 5.41) is 7.45. The molecular formula is C49H27N3S. The lowest BCUT2D eigenvalue weighted by atomic mass is 9.86. The van der Waals surface area contributed by atoms with Crippen molar-refractivity contribution in [2.45, 2.75) is 5.92 Å². The first-order valence-corrected chi connectivity index (χ1v) is 19.0. The number of benzene rings is 8. The number of hydrogen-bond donors (Lipinski definition) is 0. The third-order valence-electron chi connectivity index (χ3n) is 11.8. The molecule has 0 amide bonds. The Morgan fingerprint density at radius 2 is 1.28 bits per heavy atom. The van der Waals surface area contributed by atoms with E-state index in [1.807, 2.05) is 11.3 Å². The van der Waals surface area contributed by atoms with E-state index in [-0.39, 0.29) is 5.92 Å². The van der Waals surface area contributed by atoms with Crippen LogP contribution < -0.4 is 0 Å². The van der Waals surface area contributed by atoms with E-state index < -0.39 is 0 Å². The number of nitrogens with zero attached hydrogens (tertiary/aromatic N) is 3.